The van der Waals surface area contributed by atoms with Crippen LogP contribution in [0.3, 0.4) is 0 Å². The highest BCUT2D eigenvalue weighted by Crippen LogP contribution is 2.64. The molecule has 4 fully saturated rings. The van der Waals surface area contributed by atoms with E-state index in [0.717, 1.165) is 44.9 Å². The van der Waals surface area contributed by atoms with Gasteiger partial charge in [0.15, 0.2) is 0 Å². The third-order valence-electron chi connectivity index (χ3n) is 8.65. The van der Waals surface area contributed by atoms with Gasteiger partial charge >= 0.3 is 5.97 Å². The van der Waals surface area contributed by atoms with Crippen molar-refractivity contribution in [1.29, 1.82) is 0 Å². The predicted molar refractivity (Wildman–Crippen MR) is 96.3 cm³/mol. The number of imide groups is 1. The lowest BCUT2D eigenvalue weighted by Gasteiger charge is -2.61. The minimum atomic E-state index is -0.623. The van der Waals surface area contributed by atoms with E-state index in [9.17, 15) is 19.6 Å². The van der Waals surface area contributed by atoms with E-state index in [1.165, 1.54) is 6.92 Å². The number of hydrogen-bond acceptors (Lipinski definition) is 5. The van der Waals surface area contributed by atoms with Gasteiger partial charge in [-0.1, -0.05) is 13.8 Å². The van der Waals surface area contributed by atoms with Gasteiger partial charge in [0.25, 0.3) is 11.8 Å². The molecule has 0 aromatic carbocycles. The quantitative estimate of drug-likeness (QED) is 0.430. The number of fused-ring (bicyclic) bond motifs is 5. The average Bonchev–Trinajstić information content (AvgIpc) is 2.61. The summed E-state index contributed by atoms with van der Waals surface area (Å²) in [6.45, 7) is 5.80. The first-order valence-electron chi connectivity index (χ1n) is 10.4. The molecule has 1 N–H and O–H groups in total. The molecule has 4 rings (SSSR count). The molecular weight excluding hydrogens is 346 g/mol. The zero-order valence-electron chi connectivity index (χ0n) is 16.6. The first kappa shape index (κ1) is 18.9. The van der Waals surface area contributed by atoms with Crippen LogP contribution in [0, 0.1) is 34.5 Å². The second-order valence-corrected chi connectivity index (χ2v) is 9.83. The van der Waals surface area contributed by atoms with Gasteiger partial charge in [0.1, 0.15) is 6.10 Å². The summed E-state index contributed by atoms with van der Waals surface area (Å²) in [5.74, 6) is 0.366. The SMILES string of the molecule is CC(=O)O[C@H]1CC[C@@]2(C)[C@@H](CC[C@@H]3[C@@H]2CC[C@]2(C)C(=O)N(O)C(=O)C[C@@H]32)C1. The van der Waals surface area contributed by atoms with Crippen molar-refractivity contribution in [3.8, 4) is 0 Å². The van der Waals surface area contributed by atoms with Crippen molar-refractivity contribution in [2.24, 2.45) is 34.5 Å². The number of carbonyl (C=O) groups is 3. The predicted octanol–water partition coefficient (Wildman–Crippen LogP) is 3.32. The van der Waals surface area contributed by atoms with Crippen molar-refractivity contribution in [3.63, 3.8) is 0 Å². The molecule has 0 bridgehead atoms. The van der Waals surface area contributed by atoms with Crippen molar-refractivity contribution >= 4 is 17.8 Å². The highest BCUT2D eigenvalue weighted by molar-refractivity contribution is 5.99. The molecule has 1 aliphatic heterocycles. The molecule has 1 saturated heterocycles. The number of esters is 1. The van der Waals surface area contributed by atoms with Gasteiger partial charge < -0.3 is 4.74 Å². The van der Waals surface area contributed by atoms with Crippen LogP contribution < -0.4 is 0 Å². The lowest BCUT2D eigenvalue weighted by atomic mass is 9.44. The number of piperidine rings is 1. The zero-order chi connectivity index (χ0) is 19.6. The summed E-state index contributed by atoms with van der Waals surface area (Å²) in [6.07, 6.45) is 6.96. The Morgan fingerprint density at radius 3 is 2.56 bits per heavy atom. The molecule has 0 aromatic heterocycles. The largest absolute Gasteiger partial charge is 0.463 e. The fourth-order valence-corrected chi connectivity index (χ4v) is 7.15. The van der Waals surface area contributed by atoms with Crippen LogP contribution in [0.2, 0.25) is 0 Å². The molecule has 27 heavy (non-hydrogen) atoms. The van der Waals surface area contributed by atoms with E-state index in [4.69, 9.17) is 4.74 Å². The smallest absolute Gasteiger partial charge is 0.302 e. The Labute approximate surface area is 160 Å². The fraction of sp³-hybridized carbons (Fsp3) is 0.857. The van der Waals surface area contributed by atoms with E-state index < -0.39 is 17.2 Å². The Morgan fingerprint density at radius 2 is 1.85 bits per heavy atom. The van der Waals surface area contributed by atoms with Gasteiger partial charge in [-0.25, -0.2) is 0 Å². The first-order chi connectivity index (χ1) is 12.7. The molecular formula is C21H31NO5. The van der Waals surface area contributed by atoms with Crippen molar-refractivity contribution in [2.75, 3.05) is 0 Å². The summed E-state index contributed by atoms with van der Waals surface area (Å²) in [6, 6.07) is 0. The summed E-state index contributed by atoms with van der Waals surface area (Å²) in [5, 5.41) is 10.2. The van der Waals surface area contributed by atoms with E-state index in [2.05, 4.69) is 6.92 Å². The number of hydroxylamine groups is 2. The number of rotatable bonds is 1. The normalized spacial score (nSPS) is 47.0. The van der Waals surface area contributed by atoms with Gasteiger partial charge in [-0.2, -0.15) is 5.06 Å². The fourth-order valence-electron chi connectivity index (χ4n) is 7.15. The summed E-state index contributed by atoms with van der Waals surface area (Å²) in [5.41, 5.74) is -0.439. The molecule has 1 heterocycles. The van der Waals surface area contributed by atoms with Crippen molar-refractivity contribution in [2.45, 2.75) is 78.2 Å². The molecule has 2 amide bonds. The van der Waals surface area contributed by atoms with E-state index in [1.807, 2.05) is 6.92 Å². The molecule has 7 atom stereocenters. The Hall–Kier alpha value is -1.43. The Bertz CT molecular complexity index is 677. The summed E-state index contributed by atoms with van der Waals surface area (Å²) in [7, 11) is 0. The third-order valence-corrected chi connectivity index (χ3v) is 8.65. The minimum Gasteiger partial charge on any atom is -0.463 e. The number of ether oxygens (including phenoxy) is 1. The topological polar surface area (TPSA) is 83.9 Å². The van der Waals surface area contributed by atoms with Gasteiger partial charge in [0.05, 0.1) is 5.41 Å². The van der Waals surface area contributed by atoms with Gasteiger partial charge in [-0.05, 0) is 74.0 Å². The molecule has 0 aromatic rings. The lowest BCUT2D eigenvalue weighted by Crippen LogP contribution is -2.61. The van der Waals surface area contributed by atoms with Crippen molar-refractivity contribution in [1.82, 2.24) is 5.06 Å². The van der Waals surface area contributed by atoms with Crippen LogP contribution in [-0.4, -0.2) is 34.2 Å². The number of amides is 2. The van der Waals surface area contributed by atoms with Crippen LogP contribution in [0.15, 0.2) is 0 Å². The second-order valence-electron chi connectivity index (χ2n) is 9.83. The van der Waals surface area contributed by atoms with E-state index in [0.29, 0.717) is 22.8 Å². The van der Waals surface area contributed by atoms with Gasteiger partial charge in [-0.15, -0.1) is 0 Å². The van der Waals surface area contributed by atoms with Crippen LogP contribution in [0.1, 0.15) is 72.1 Å². The molecule has 150 valence electrons. The molecule has 0 unspecified atom stereocenters. The zero-order valence-corrected chi connectivity index (χ0v) is 16.6. The van der Waals surface area contributed by atoms with E-state index in [1.54, 1.807) is 0 Å². The molecule has 4 aliphatic rings. The summed E-state index contributed by atoms with van der Waals surface area (Å²) < 4.78 is 5.50. The first-order valence-corrected chi connectivity index (χ1v) is 10.4. The van der Waals surface area contributed by atoms with Crippen molar-refractivity contribution in [3.05, 3.63) is 0 Å². The highest BCUT2D eigenvalue weighted by atomic mass is 16.5. The Kier molecular flexibility index (Phi) is 4.41. The Balaban J connectivity index is 1.57. The highest BCUT2D eigenvalue weighted by Gasteiger charge is 2.61. The number of hydrogen-bond donors (Lipinski definition) is 1. The van der Waals surface area contributed by atoms with Crippen LogP contribution in [0.5, 0.6) is 0 Å². The molecule has 0 spiro atoms. The molecule has 3 saturated carbocycles. The molecule has 0 radical (unpaired) electrons. The summed E-state index contributed by atoms with van der Waals surface area (Å²) >= 11 is 0. The van der Waals surface area contributed by atoms with Crippen LogP contribution in [0.25, 0.3) is 0 Å². The van der Waals surface area contributed by atoms with E-state index in [-0.39, 0.29) is 29.8 Å². The average molecular weight is 377 g/mol. The standard InChI is InChI=1S/C21H31NO5/c1-12(23)27-14-6-8-20(2)13(10-14)4-5-15-16(20)7-9-21(3)17(15)11-18(24)22(26)19(21)25/h13-17,26H,4-11H2,1-3H3/t13-,14-,15+,16-,17-,20-,21-/m0/s1. The maximum atomic E-state index is 12.7. The maximum Gasteiger partial charge on any atom is 0.302 e. The van der Waals surface area contributed by atoms with Crippen LogP contribution in [-0.2, 0) is 19.1 Å². The third kappa shape index (κ3) is 2.74. The van der Waals surface area contributed by atoms with Gasteiger partial charge in [0.2, 0.25) is 0 Å². The van der Waals surface area contributed by atoms with Crippen molar-refractivity contribution < 1.29 is 24.3 Å². The second kappa shape index (κ2) is 6.29. The molecule has 6 heteroatoms. The van der Waals surface area contributed by atoms with E-state index >= 15 is 0 Å². The summed E-state index contributed by atoms with van der Waals surface area (Å²) in [4.78, 5) is 36.2. The maximum absolute atomic E-state index is 12.7. The van der Waals surface area contributed by atoms with Crippen LogP contribution >= 0.6 is 0 Å². The van der Waals surface area contributed by atoms with Gasteiger partial charge in [0, 0.05) is 13.3 Å². The minimum absolute atomic E-state index is 0.0311. The number of carbonyl (C=O) groups excluding carboxylic acids is 3. The van der Waals surface area contributed by atoms with Gasteiger partial charge in [-0.3, -0.25) is 19.6 Å². The lowest BCUT2D eigenvalue weighted by molar-refractivity contribution is -0.211. The molecule has 3 aliphatic carbocycles. The molecule has 6 nitrogen and oxygen atoms in total. The Morgan fingerprint density at radius 1 is 1.11 bits per heavy atom. The number of nitrogens with zero attached hydrogens (tertiary/aromatic N) is 1. The monoisotopic (exact) mass is 377 g/mol. The van der Waals surface area contributed by atoms with Crippen LogP contribution in [0.4, 0.5) is 0 Å².